The van der Waals surface area contributed by atoms with Crippen LogP contribution in [-0.2, 0) is 10.3 Å². The van der Waals surface area contributed by atoms with Crippen LogP contribution < -0.4 is 0 Å². The number of nitrogens with one attached hydrogen (secondary N) is 1. The third kappa shape index (κ3) is 2.99. The van der Waals surface area contributed by atoms with E-state index < -0.39 is 11.2 Å². The van der Waals surface area contributed by atoms with Crippen LogP contribution in [0, 0.1) is 5.41 Å². The average Bonchev–Trinajstić information content (AvgIpc) is 3.09. The first kappa shape index (κ1) is 16.4. The number of fused-ring (bicyclic) bond motifs is 1. The molecule has 1 unspecified atom stereocenters. The average molecular weight is 343 g/mol. The molecule has 1 spiro atoms. The third-order valence-electron chi connectivity index (χ3n) is 5.21. The fraction of sp³-hybridized carbons (Fsp3) is 0.579. The predicted octanol–water partition coefficient (Wildman–Crippen LogP) is 3.17. The van der Waals surface area contributed by atoms with Crippen molar-refractivity contribution < 1.29 is 14.6 Å². The number of β-amino-alcohol motifs (C(OH)–C–C–N with tert-alkyl or cyclic N) is 1. The minimum absolute atomic E-state index is 0.00963. The number of carbonyl (C=O) groups excluding carboxylic acids is 1. The van der Waals surface area contributed by atoms with Gasteiger partial charge in [-0.3, -0.25) is 0 Å². The second-order valence-electron chi connectivity index (χ2n) is 8.65. The number of aromatic amines is 1. The Bertz CT molecular complexity index is 819. The molecule has 1 saturated heterocycles. The lowest BCUT2D eigenvalue weighted by atomic mass is 9.79. The van der Waals surface area contributed by atoms with Crippen molar-refractivity contribution in [2.75, 3.05) is 13.1 Å². The number of ether oxygens (including phenoxy) is 1. The van der Waals surface area contributed by atoms with E-state index in [0.717, 1.165) is 29.4 Å². The van der Waals surface area contributed by atoms with Gasteiger partial charge in [0.05, 0.1) is 6.54 Å². The Hall–Kier alpha value is -2.08. The molecule has 2 aliphatic rings. The van der Waals surface area contributed by atoms with Gasteiger partial charge in [-0.1, -0.05) is 0 Å². The van der Waals surface area contributed by atoms with Crippen LogP contribution in [-0.4, -0.2) is 44.8 Å². The summed E-state index contributed by atoms with van der Waals surface area (Å²) >= 11 is 0. The zero-order chi connectivity index (χ0) is 17.9. The van der Waals surface area contributed by atoms with Crippen LogP contribution in [0.3, 0.4) is 0 Å². The number of H-pyrrole nitrogens is 1. The fourth-order valence-corrected chi connectivity index (χ4v) is 4.00. The monoisotopic (exact) mass is 343 g/mol. The Kier molecular flexibility index (Phi) is 3.41. The van der Waals surface area contributed by atoms with E-state index in [1.165, 1.54) is 0 Å². The molecule has 1 amide bonds. The van der Waals surface area contributed by atoms with Crippen LogP contribution in [0.5, 0.6) is 0 Å². The molecule has 1 atom stereocenters. The third-order valence-corrected chi connectivity index (χ3v) is 5.21. The number of likely N-dealkylation sites (tertiary alicyclic amines) is 1. The Balaban J connectivity index is 1.68. The Labute approximate surface area is 147 Å². The van der Waals surface area contributed by atoms with E-state index >= 15 is 0 Å². The number of amides is 1. The van der Waals surface area contributed by atoms with Crippen LogP contribution in [0.1, 0.15) is 45.6 Å². The smallest absolute Gasteiger partial charge is 0.410 e. The van der Waals surface area contributed by atoms with Gasteiger partial charge in [0, 0.05) is 29.9 Å². The molecule has 6 heteroatoms. The summed E-state index contributed by atoms with van der Waals surface area (Å²) in [6, 6.07) is 3.82. The topological polar surface area (TPSA) is 78.5 Å². The largest absolute Gasteiger partial charge is 0.444 e. The minimum atomic E-state index is -1.09. The van der Waals surface area contributed by atoms with Crippen molar-refractivity contribution in [2.45, 2.75) is 51.2 Å². The molecule has 134 valence electrons. The maximum Gasteiger partial charge on any atom is 0.410 e. The van der Waals surface area contributed by atoms with Crippen molar-refractivity contribution in [1.82, 2.24) is 14.9 Å². The van der Waals surface area contributed by atoms with Crippen LogP contribution in [0.15, 0.2) is 24.5 Å². The van der Waals surface area contributed by atoms with E-state index in [-0.39, 0.29) is 18.1 Å². The van der Waals surface area contributed by atoms with Gasteiger partial charge in [0.2, 0.25) is 0 Å². The first-order valence-electron chi connectivity index (χ1n) is 8.83. The second-order valence-corrected chi connectivity index (χ2v) is 8.65. The van der Waals surface area contributed by atoms with Gasteiger partial charge in [-0.2, -0.15) is 0 Å². The van der Waals surface area contributed by atoms with E-state index in [2.05, 4.69) is 9.97 Å². The number of nitrogens with zero attached hydrogens (tertiary/aromatic N) is 2. The van der Waals surface area contributed by atoms with Crippen LogP contribution in [0.4, 0.5) is 4.79 Å². The zero-order valence-electron chi connectivity index (χ0n) is 15.0. The molecule has 0 bridgehead atoms. The van der Waals surface area contributed by atoms with Gasteiger partial charge in [-0.15, -0.1) is 0 Å². The van der Waals surface area contributed by atoms with Gasteiger partial charge in [0.25, 0.3) is 0 Å². The molecule has 25 heavy (non-hydrogen) atoms. The first-order chi connectivity index (χ1) is 11.7. The van der Waals surface area contributed by atoms with E-state index in [9.17, 15) is 9.90 Å². The minimum Gasteiger partial charge on any atom is -0.444 e. The highest BCUT2D eigenvalue weighted by atomic mass is 16.6. The lowest BCUT2D eigenvalue weighted by Crippen LogP contribution is -2.53. The molecule has 1 aliphatic carbocycles. The van der Waals surface area contributed by atoms with Gasteiger partial charge in [0.15, 0.2) is 0 Å². The summed E-state index contributed by atoms with van der Waals surface area (Å²) in [4.78, 5) is 21.7. The number of hydrogen-bond acceptors (Lipinski definition) is 4. The highest BCUT2D eigenvalue weighted by Crippen LogP contribution is 2.57. The van der Waals surface area contributed by atoms with E-state index in [1.807, 2.05) is 39.1 Å². The van der Waals surface area contributed by atoms with Crippen molar-refractivity contribution >= 4 is 17.1 Å². The molecule has 2 aromatic heterocycles. The van der Waals surface area contributed by atoms with Crippen LogP contribution >= 0.6 is 0 Å². The molecule has 2 N–H and O–H groups in total. The summed E-state index contributed by atoms with van der Waals surface area (Å²) in [7, 11) is 0. The van der Waals surface area contributed by atoms with Crippen molar-refractivity contribution in [3.63, 3.8) is 0 Å². The first-order valence-corrected chi connectivity index (χ1v) is 8.83. The lowest BCUT2D eigenvalue weighted by Gasteiger charge is -2.43. The van der Waals surface area contributed by atoms with Crippen LogP contribution in [0.25, 0.3) is 11.0 Å². The number of piperidine rings is 1. The highest BCUT2D eigenvalue weighted by Gasteiger charge is 2.56. The van der Waals surface area contributed by atoms with Gasteiger partial charge in [-0.25, -0.2) is 9.78 Å². The van der Waals surface area contributed by atoms with Crippen molar-refractivity contribution in [3.05, 3.63) is 30.1 Å². The number of carbonyl (C=O) groups is 1. The molecular formula is C19H25N3O3. The fourth-order valence-electron chi connectivity index (χ4n) is 4.00. The standard InChI is InChI=1S/C19H25N3O3/c1-17(2,3)25-16(23)22-11-18(6-7-18)10-19(24,12-22)14-9-21-15-13(14)5-4-8-20-15/h4-5,8-9,24H,6-7,10-12H2,1-3H3,(H,20,21). The number of hydrogen-bond donors (Lipinski definition) is 2. The molecule has 0 aromatic carbocycles. The predicted molar refractivity (Wildman–Crippen MR) is 94.1 cm³/mol. The maximum absolute atomic E-state index is 12.6. The van der Waals surface area contributed by atoms with Crippen molar-refractivity contribution in [3.8, 4) is 0 Å². The Morgan fingerprint density at radius 1 is 1.36 bits per heavy atom. The summed E-state index contributed by atoms with van der Waals surface area (Å²) in [5, 5.41) is 12.4. The molecule has 4 rings (SSSR count). The Morgan fingerprint density at radius 3 is 2.80 bits per heavy atom. The summed E-state index contributed by atoms with van der Waals surface area (Å²) in [6.07, 6.45) is 5.94. The number of aliphatic hydroxyl groups is 1. The van der Waals surface area contributed by atoms with E-state index in [1.54, 1.807) is 11.1 Å². The van der Waals surface area contributed by atoms with Crippen molar-refractivity contribution in [1.29, 1.82) is 0 Å². The maximum atomic E-state index is 12.6. The van der Waals surface area contributed by atoms with Gasteiger partial charge in [-0.05, 0) is 57.6 Å². The number of rotatable bonds is 1. The normalized spacial score (nSPS) is 25.4. The number of pyridine rings is 1. The van der Waals surface area contributed by atoms with E-state index in [0.29, 0.717) is 13.0 Å². The number of aromatic nitrogens is 2. The highest BCUT2D eigenvalue weighted by molar-refractivity contribution is 5.81. The molecule has 1 saturated carbocycles. The lowest BCUT2D eigenvalue weighted by molar-refractivity contribution is -0.0694. The zero-order valence-corrected chi connectivity index (χ0v) is 15.0. The molecule has 3 heterocycles. The molecule has 0 radical (unpaired) electrons. The molecule has 2 fully saturated rings. The summed E-state index contributed by atoms with van der Waals surface area (Å²) in [5.74, 6) is 0. The molecule has 1 aliphatic heterocycles. The van der Waals surface area contributed by atoms with Gasteiger partial charge >= 0.3 is 6.09 Å². The van der Waals surface area contributed by atoms with Crippen molar-refractivity contribution in [2.24, 2.45) is 5.41 Å². The van der Waals surface area contributed by atoms with Gasteiger partial charge in [0.1, 0.15) is 16.8 Å². The molecule has 2 aromatic rings. The van der Waals surface area contributed by atoms with Gasteiger partial charge < -0.3 is 19.7 Å². The SMILES string of the molecule is CC(C)(C)OC(=O)N1CC2(CC2)CC(O)(c2c[nH]c3ncccc23)C1. The quantitative estimate of drug-likeness (QED) is 0.834. The van der Waals surface area contributed by atoms with Crippen LogP contribution in [0.2, 0.25) is 0 Å². The Morgan fingerprint density at radius 2 is 2.12 bits per heavy atom. The summed E-state index contributed by atoms with van der Waals surface area (Å²) in [5.41, 5.74) is -0.0585. The molecular weight excluding hydrogens is 318 g/mol. The summed E-state index contributed by atoms with van der Waals surface area (Å²) in [6.45, 7) is 6.48. The molecule has 6 nitrogen and oxygen atoms in total. The van der Waals surface area contributed by atoms with E-state index in [4.69, 9.17) is 4.74 Å². The second kappa shape index (κ2) is 5.21. The summed E-state index contributed by atoms with van der Waals surface area (Å²) < 4.78 is 5.55.